The number of carboxylic acids is 1. The number of benzene rings is 1. The monoisotopic (exact) mass is 353 g/mol. The summed E-state index contributed by atoms with van der Waals surface area (Å²) in [5, 5.41) is 8.94. The second-order valence-corrected chi connectivity index (χ2v) is 6.64. The van der Waals surface area contributed by atoms with Crippen LogP contribution in [0.25, 0.3) is 0 Å². The van der Waals surface area contributed by atoms with Gasteiger partial charge in [-0.05, 0) is 42.9 Å². The number of carboxylic acid groups (broad SMARTS) is 1. The number of hydrogen-bond donors (Lipinski definition) is 1. The molecule has 0 bridgehead atoms. The van der Waals surface area contributed by atoms with Crippen LogP contribution in [0.1, 0.15) is 37.2 Å². The molecule has 0 unspecified atom stereocenters. The zero-order valence-electron chi connectivity index (χ0n) is 13.8. The van der Waals surface area contributed by atoms with Crippen LogP contribution in [-0.4, -0.2) is 47.7 Å². The molecule has 7 heteroatoms. The van der Waals surface area contributed by atoms with E-state index in [4.69, 9.17) is 9.84 Å². The number of halogens is 2. The van der Waals surface area contributed by atoms with Crippen molar-refractivity contribution in [3.63, 3.8) is 0 Å². The van der Waals surface area contributed by atoms with E-state index in [0.717, 1.165) is 12.1 Å². The molecule has 3 rings (SSSR count). The highest BCUT2D eigenvalue weighted by atomic mass is 19.2. The first-order valence-corrected chi connectivity index (χ1v) is 8.52. The van der Waals surface area contributed by atoms with Crippen molar-refractivity contribution >= 4 is 11.9 Å². The van der Waals surface area contributed by atoms with E-state index in [1.165, 1.54) is 6.07 Å². The summed E-state index contributed by atoms with van der Waals surface area (Å²) >= 11 is 0. The maximum absolute atomic E-state index is 13.4. The Morgan fingerprint density at radius 2 is 1.92 bits per heavy atom. The minimum Gasteiger partial charge on any atom is -0.481 e. The van der Waals surface area contributed by atoms with Gasteiger partial charge in [-0.1, -0.05) is 6.07 Å². The van der Waals surface area contributed by atoms with Crippen molar-refractivity contribution < 1.29 is 28.2 Å². The van der Waals surface area contributed by atoms with Crippen molar-refractivity contribution in [3.05, 3.63) is 35.4 Å². The van der Waals surface area contributed by atoms with Gasteiger partial charge in [0.2, 0.25) is 5.91 Å². The van der Waals surface area contributed by atoms with Crippen LogP contribution in [0.4, 0.5) is 8.78 Å². The number of hydrogen-bond acceptors (Lipinski definition) is 3. The van der Waals surface area contributed by atoms with Crippen LogP contribution in [-0.2, 0) is 14.3 Å². The number of amides is 1. The van der Waals surface area contributed by atoms with Gasteiger partial charge in [-0.25, -0.2) is 8.78 Å². The molecule has 1 aromatic carbocycles. The fourth-order valence-electron chi connectivity index (χ4n) is 3.48. The van der Waals surface area contributed by atoms with Gasteiger partial charge in [0, 0.05) is 31.7 Å². The molecule has 1 aliphatic carbocycles. The van der Waals surface area contributed by atoms with E-state index in [9.17, 15) is 18.4 Å². The smallest absolute Gasteiger partial charge is 0.305 e. The van der Waals surface area contributed by atoms with Crippen LogP contribution in [0, 0.1) is 17.6 Å². The standard InChI is InChI=1S/C18H21F2NO4/c19-15-2-1-11(9-16(15)20)13-10-14(13)18(24)21(6-3-17(22)23)12-4-7-25-8-5-12/h1-2,9,12-14H,3-8,10H2,(H,22,23)/t13-,14-/m1/s1. The number of carbonyl (C=O) groups excluding carboxylic acids is 1. The zero-order valence-corrected chi connectivity index (χ0v) is 13.8. The number of rotatable bonds is 6. The van der Waals surface area contributed by atoms with Gasteiger partial charge in [-0.15, -0.1) is 0 Å². The number of carbonyl (C=O) groups is 2. The molecule has 1 saturated carbocycles. The maximum Gasteiger partial charge on any atom is 0.305 e. The maximum atomic E-state index is 13.4. The average molecular weight is 353 g/mol. The third-order valence-corrected chi connectivity index (χ3v) is 4.96. The van der Waals surface area contributed by atoms with Gasteiger partial charge >= 0.3 is 5.97 Å². The third kappa shape index (κ3) is 4.15. The summed E-state index contributed by atoms with van der Waals surface area (Å²) < 4.78 is 31.8. The zero-order chi connectivity index (χ0) is 18.0. The number of nitrogens with zero attached hydrogens (tertiary/aromatic N) is 1. The second kappa shape index (κ2) is 7.47. The summed E-state index contributed by atoms with van der Waals surface area (Å²) in [4.78, 5) is 25.4. The summed E-state index contributed by atoms with van der Waals surface area (Å²) in [6.07, 6.45) is 1.85. The molecule has 0 spiro atoms. The Morgan fingerprint density at radius 1 is 1.20 bits per heavy atom. The van der Waals surface area contributed by atoms with Crippen LogP contribution < -0.4 is 0 Å². The molecule has 2 fully saturated rings. The number of ether oxygens (including phenoxy) is 1. The van der Waals surface area contributed by atoms with Crippen LogP contribution in [0.3, 0.4) is 0 Å². The Labute approximate surface area is 144 Å². The number of aliphatic carboxylic acids is 1. The second-order valence-electron chi connectivity index (χ2n) is 6.64. The molecule has 1 N–H and O–H groups in total. The van der Waals surface area contributed by atoms with Gasteiger partial charge < -0.3 is 14.7 Å². The Kier molecular flexibility index (Phi) is 5.32. The van der Waals surface area contributed by atoms with Crippen molar-refractivity contribution in [2.75, 3.05) is 19.8 Å². The molecule has 136 valence electrons. The Morgan fingerprint density at radius 3 is 2.56 bits per heavy atom. The lowest BCUT2D eigenvalue weighted by Gasteiger charge is -2.34. The van der Waals surface area contributed by atoms with Crippen LogP contribution >= 0.6 is 0 Å². The fourth-order valence-corrected chi connectivity index (χ4v) is 3.48. The molecule has 0 radical (unpaired) electrons. The van der Waals surface area contributed by atoms with E-state index in [1.807, 2.05) is 0 Å². The molecular weight excluding hydrogens is 332 g/mol. The van der Waals surface area contributed by atoms with Crippen molar-refractivity contribution in [2.45, 2.75) is 37.6 Å². The van der Waals surface area contributed by atoms with Gasteiger partial charge in [-0.2, -0.15) is 0 Å². The summed E-state index contributed by atoms with van der Waals surface area (Å²) in [6.45, 7) is 1.28. The van der Waals surface area contributed by atoms with Crippen molar-refractivity contribution in [3.8, 4) is 0 Å². The quantitative estimate of drug-likeness (QED) is 0.854. The van der Waals surface area contributed by atoms with Gasteiger partial charge in [-0.3, -0.25) is 9.59 Å². The molecule has 0 aromatic heterocycles. The summed E-state index contributed by atoms with van der Waals surface area (Å²) in [7, 11) is 0. The van der Waals surface area contributed by atoms with Crippen LogP contribution in [0.5, 0.6) is 0 Å². The van der Waals surface area contributed by atoms with Gasteiger partial charge in [0.25, 0.3) is 0 Å². The Hall–Kier alpha value is -2.02. The fraction of sp³-hybridized carbons (Fsp3) is 0.556. The van der Waals surface area contributed by atoms with Crippen molar-refractivity contribution in [2.24, 2.45) is 5.92 Å². The SMILES string of the molecule is O=C(O)CCN(C(=O)[C@@H]1C[C@@H]1c1ccc(F)c(F)c1)C1CCOCC1. The molecule has 2 atom stereocenters. The Bertz CT molecular complexity index is 660. The van der Waals surface area contributed by atoms with E-state index < -0.39 is 17.6 Å². The lowest BCUT2D eigenvalue weighted by atomic mass is 10.0. The average Bonchev–Trinajstić information content (AvgIpc) is 3.39. The molecule has 2 aliphatic rings. The molecule has 1 aliphatic heterocycles. The van der Waals surface area contributed by atoms with E-state index in [-0.39, 0.29) is 36.8 Å². The predicted octanol–water partition coefficient (Wildman–Crippen LogP) is 2.55. The minimum absolute atomic E-state index is 0.0215. The van der Waals surface area contributed by atoms with E-state index in [1.54, 1.807) is 4.90 Å². The molecule has 1 amide bonds. The first-order valence-electron chi connectivity index (χ1n) is 8.52. The lowest BCUT2D eigenvalue weighted by Crippen LogP contribution is -2.45. The highest BCUT2D eigenvalue weighted by Crippen LogP contribution is 2.49. The highest BCUT2D eigenvalue weighted by Gasteiger charge is 2.47. The van der Waals surface area contributed by atoms with Gasteiger partial charge in [0.05, 0.1) is 6.42 Å². The minimum atomic E-state index is -0.946. The van der Waals surface area contributed by atoms with Crippen molar-refractivity contribution in [1.82, 2.24) is 4.90 Å². The summed E-state index contributed by atoms with van der Waals surface area (Å²) in [5.41, 5.74) is 0.613. The molecular formula is C18H21F2NO4. The van der Waals surface area contributed by atoms with E-state index >= 15 is 0 Å². The highest BCUT2D eigenvalue weighted by molar-refractivity contribution is 5.83. The van der Waals surface area contributed by atoms with E-state index in [0.29, 0.717) is 38.0 Å². The predicted molar refractivity (Wildman–Crippen MR) is 85.0 cm³/mol. The normalized spacial score (nSPS) is 23.3. The first kappa shape index (κ1) is 17.8. The van der Waals surface area contributed by atoms with Crippen LogP contribution in [0.2, 0.25) is 0 Å². The summed E-state index contributed by atoms with van der Waals surface area (Å²) in [5.74, 6) is -3.28. The van der Waals surface area contributed by atoms with Gasteiger partial charge in [0.1, 0.15) is 0 Å². The third-order valence-electron chi connectivity index (χ3n) is 4.96. The molecule has 25 heavy (non-hydrogen) atoms. The Balaban J connectivity index is 1.69. The van der Waals surface area contributed by atoms with E-state index in [2.05, 4.69) is 0 Å². The largest absolute Gasteiger partial charge is 0.481 e. The summed E-state index contributed by atoms with van der Waals surface area (Å²) in [6, 6.07) is 3.70. The molecule has 1 heterocycles. The molecule has 1 saturated heterocycles. The van der Waals surface area contributed by atoms with Crippen LogP contribution in [0.15, 0.2) is 18.2 Å². The first-order chi connectivity index (χ1) is 12.0. The molecule has 1 aromatic rings. The lowest BCUT2D eigenvalue weighted by molar-refractivity contribution is -0.141. The topological polar surface area (TPSA) is 66.8 Å². The van der Waals surface area contributed by atoms with Gasteiger partial charge in [0.15, 0.2) is 11.6 Å². The van der Waals surface area contributed by atoms with Crippen molar-refractivity contribution in [1.29, 1.82) is 0 Å². The molecule has 5 nitrogen and oxygen atoms in total.